The summed E-state index contributed by atoms with van der Waals surface area (Å²) in [6, 6.07) is 0. The summed E-state index contributed by atoms with van der Waals surface area (Å²) in [5.41, 5.74) is -0.0157. The van der Waals surface area contributed by atoms with Gasteiger partial charge in [0.2, 0.25) is 5.91 Å². The lowest BCUT2D eigenvalue weighted by Crippen LogP contribution is -2.46. The maximum atomic E-state index is 11.7. The molecule has 0 fully saturated rings. The average Bonchev–Trinajstić information content (AvgIpc) is 2.15. The molecule has 0 radical (unpaired) electrons. The summed E-state index contributed by atoms with van der Waals surface area (Å²) in [5.74, 6) is 0.168. The molecule has 0 aromatic carbocycles. The molecule has 0 aromatic rings. The summed E-state index contributed by atoms with van der Waals surface area (Å²) in [7, 11) is 3.97. The van der Waals surface area contributed by atoms with E-state index < -0.39 is 0 Å². The highest BCUT2D eigenvalue weighted by molar-refractivity contribution is 5.76. The first-order valence-electron chi connectivity index (χ1n) is 5.89. The standard InChI is InChI=1S/C12H26N2O/c1-6-9-12(3,7-2)13-11(15)8-10-14(4)5/h6-10H2,1-5H3,(H,13,15). The zero-order valence-corrected chi connectivity index (χ0v) is 10.9. The molecule has 1 unspecified atom stereocenters. The van der Waals surface area contributed by atoms with E-state index in [-0.39, 0.29) is 11.4 Å². The van der Waals surface area contributed by atoms with Gasteiger partial charge in [0, 0.05) is 18.5 Å². The fourth-order valence-corrected chi connectivity index (χ4v) is 1.60. The maximum Gasteiger partial charge on any atom is 0.221 e. The molecule has 0 spiro atoms. The number of hydrogen-bond acceptors (Lipinski definition) is 2. The van der Waals surface area contributed by atoms with Crippen LogP contribution in [0.4, 0.5) is 0 Å². The van der Waals surface area contributed by atoms with Crippen molar-refractivity contribution in [1.82, 2.24) is 10.2 Å². The van der Waals surface area contributed by atoms with E-state index in [1.165, 1.54) is 0 Å². The van der Waals surface area contributed by atoms with E-state index >= 15 is 0 Å². The Kier molecular flexibility index (Phi) is 6.57. The molecule has 0 saturated heterocycles. The van der Waals surface area contributed by atoms with Crippen LogP contribution in [0.5, 0.6) is 0 Å². The Balaban J connectivity index is 4.01. The number of nitrogens with one attached hydrogen (secondary N) is 1. The highest BCUT2D eigenvalue weighted by Gasteiger charge is 2.22. The molecule has 3 heteroatoms. The van der Waals surface area contributed by atoms with Crippen molar-refractivity contribution in [3.05, 3.63) is 0 Å². The van der Waals surface area contributed by atoms with Crippen molar-refractivity contribution in [2.75, 3.05) is 20.6 Å². The van der Waals surface area contributed by atoms with Crippen LogP contribution in [0.2, 0.25) is 0 Å². The van der Waals surface area contributed by atoms with Crippen molar-refractivity contribution in [2.24, 2.45) is 0 Å². The van der Waals surface area contributed by atoms with Gasteiger partial charge in [-0.15, -0.1) is 0 Å². The van der Waals surface area contributed by atoms with Crippen molar-refractivity contribution in [2.45, 2.75) is 52.0 Å². The van der Waals surface area contributed by atoms with Gasteiger partial charge in [-0.2, -0.15) is 0 Å². The fourth-order valence-electron chi connectivity index (χ4n) is 1.60. The van der Waals surface area contributed by atoms with Crippen LogP contribution in [0.25, 0.3) is 0 Å². The van der Waals surface area contributed by atoms with Crippen molar-refractivity contribution in [3.63, 3.8) is 0 Å². The molecule has 0 heterocycles. The molecular formula is C12H26N2O. The summed E-state index contributed by atoms with van der Waals surface area (Å²) < 4.78 is 0. The molecule has 3 nitrogen and oxygen atoms in total. The summed E-state index contributed by atoms with van der Waals surface area (Å²) >= 11 is 0. The van der Waals surface area contributed by atoms with Crippen LogP contribution in [-0.4, -0.2) is 37.0 Å². The van der Waals surface area contributed by atoms with Gasteiger partial charge in [0.25, 0.3) is 0 Å². The van der Waals surface area contributed by atoms with Gasteiger partial charge >= 0.3 is 0 Å². The number of hydrogen-bond donors (Lipinski definition) is 1. The number of amides is 1. The minimum Gasteiger partial charge on any atom is -0.351 e. The Morgan fingerprint density at radius 1 is 1.33 bits per heavy atom. The lowest BCUT2D eigenvalue weighted by molar-refractivity contribution is -0.123. The molecule has 0 rings (SSSR count). The Morgan fingerprint density at radius 3 is 2.33 bits per heavy atom. The SMILES string of the molecule is CCCC(C)(CC)NC(=O)CCN(C)C. The van der Waals surface area contributed by atoms with E-state index in [4.69, 9.17) is 0 Å². The third-order valence-corrected chi connectivity index (χ3v) is 2.81. The largest absolute Gasteiger partial charge is 0.351 e. The molecule has 0 aliphatic heterocycles. The topological polar surface area (TPSA) is 32.3 Å². The highest BCUT2D eigenvalue weighted by atomic mass is 16.1. The van der Waals surface area contributed by atoms with Crippen LogP contribution >= 0.6 is 0 Å². The van der Waals surface area contributed by atoms with Crippen molar-refractivity contribution in [1.29, 1.82) is 0 Å². The van der Waals surface area contributed by atoms with E-state index in [0.29, 0.717) is 6.42 Å². The minimum absolute atomic E-state index is 0.0157. The van der Waals surface area contributed by atoms with E-state index in [1.54, 1.807) is 0 Å². The molecule has 0 saturated carbocycles. The quantitative estimate of drug-likeness (QED) is 0.703. The van der Waals surface area contributed by atoms with Gasteiger partial charge in [-0.3, -0.25) is 4.79 Å². The summed E-state index contributed by atoms with van der Waals surface area (Å²) in [6.07, 6.45) is 3.75. The molecule has 1 amide bonds. The molecule has 1 atom stereocenters. The second-order valence-corrected chi connectivity index (χ2v) is 4.77. The maximum absolute atomic E-state index is 11.7. The van der Waals surface area contributed by atoms with Gasteiger partial charge in [0.15, 0.2) is 0 Å². The Hall–Kier alpha value is -0.570. The zero-order chi connectivity index (χ0) is 11.9. The first-order valence-corrected chi connectivity index (χ1v) is 5.89. The van der Waals surface area contributed by atoms with E-state index in [2.05, 4.69) is 26.1 Å². The summed E-state index contributed by atoms with van der Waals surface area (Å²) in [4.78, 5) is 13.7. The van der Waals surface area contributed by atoms with E-state index in [9.17, 15) is 4.79 Å². The van der Waals surface area contributed by atoms with Crippen LogP contribution in [0, 0.1) is 0 Å². The number of nitrogens with zero attached hydrogens (tertiary/aromatic N) is 1. The highest BCUT2D eigenvalue weighted by Crippen LogP contribution is 2.16. The van der Waals surface area contributed by atoms with Crippen molar-refractivity contribution < 1.29 is 4.79 Å². The molecule has 1 N–H and O–H groups in total. The number of carbonyl (C=O) groups excluding carboxylic acids is 1. The third-order valence-electron chi connectivity index (χ3n) is 2.81. The van der Waals surface area contributed by atoms with Gasteiger partial charge in [-0.05, 0) is 33.9 Å². The van der Waals surface area contributed by atoms with Gasteiger partial charge in [-0.1, -0.05) is 20.3 Å². The second kappa shape index (κ2) is 6.83. The van der Waals surface area contributed by atoms with Crippen LogP contribution in [0.15, 0.2) is 0 Å². The summed E-state index contributed by atoms with van der Waals surface area (Å²) in [6.45, 7) is 7.23. The number of carbonyl (C=O) groups is 1. The third kappa shape index (κ3) is 6.50. The monoisotopic (exact) mass is 214 g/mol. The lowest BCUT2D eigenvalue weighted by Gasteiger charge is -2.29. The van der Waals surface area contributed by atoms with Gasteiger partial charge in [0.05, 0.1) is 0 Å². The van der Waals surface area contributed by atoms with Crippen LogP contribution in [-0.2, 0) is 4.79 Å². The molecule has 15 heavy (non-hydrogen) atoms. The Labute approximate surface area is 94.2 Å². The van der Waals surface area contributed by atoms with Crippen molar-refractivity contribution >= 4 is 5.91 Å². The molecule has 0 aliphatic carbocycles. The predicted octanol–water partition coefficient (Wildman–Crippen LogP) is 2.02. The van der Waals surface area contributed by atoms with Crippen LogP contribution < -0.4 is 5.32 Å². The minimum atomic E-state index is -0.0157. The first-order chi connectivity index (χ1) is 6.93. The van der Waals surface area contributed by atoms with Gasteiger partial charge in [-0.25, -0.2) is 0 Å². The van der Waals surface area contributed by atoms with Crippen molar-refractivity contribution in [3.8, 4) is 0 Å². The zero-order valence-electron chi connectivity index (χ0n) is 10.9. The average molecular weight is 214 g/mol. The fraction of sp³-hybridized carbons (Fsp3) is 0.917. The molecule has 0 bridgehead atoms. The van der Waals surface area contributed by atoms with E-state index in [0.717, 1.165) is 25.8 Å². The Morgan fingerprint density at radius 2 is 1.93 bits per heavy atom. The number of rotatable bonds is 7. The smallest absolute Gasteiger partial charge is 0.221 e. The molecular weight excluding hydrogens is 188 g/mol. The van der Waals surface area contributed by atoms with E-state index in [1.807, 2.05) is 19.0 Å². The lowest BCUT2D eigenvalue weighted by atomic mass is 9.93. The van der Waals surface area contributed by atoms with Gasteiger partial charge < -0.3 is 10.2 Å². The molecule has 90 valence electrons. The normalized spacial score (nSPS) is 15.1. The summed E-state index contributed by atoms with van der Waals surface area (Å²) in [5, 5.41) is 3.13. The second-order valence-electron chi connectivity index (χ2n) is 4.77. The first kappa shape index (κ1) is 14.4. The Bertz CT molecular complexity index is 192. The predicted molar refractivity (Wildman–Crippen MR) is 64.9 cm³/mol. The van der Waals surface area contributed by atoms with Gasteiger partial charge in [0.1, 0.15) is 0 Å². The van der Waals surface area contributed by atoms with Crippen LogP contribution in [0.3, 0.4) is 0 Å². The van der Waals surface area contributed by atoms with Crippen LogP contribution in [0.1, 0.15) is 46.5 Å². The molecule has 0 aliphatic rings. The molecule has 0 aromatic heterocycles.